The maximum atomic E-state index is 13.7. The normalized spacial score (nSPS) is 21.2. The number of likely N-dealkylation sites (tertiary alicyclic amines) is 1. The molecule has 1 saturated heterocycles. The zero-order valence-corrected chi connectivity index (χ0v) is 17.0. The van der Waals surface area contributed by atoms with Crippen molar-refractivity contribution in [1.29, 1.82) is 0 Å². The summed E-state index contributed by atoms with van der Waals surface area (Å²) >= 11 is 0. The van der Waals surface area contributed by atoms with Gasteiger partial charge in [-0.1, -0.05) is 42.5 Å². The number of benzene rings is 2. The second kappa shape index (κ2) is 10.0. The Kier molecular flexibility index (Phi) is 7.40. The molecule has 1 heterocycles. The fourth-order valence-corrected chi connectivity index (χ4v) is 3.71. The minimum Gasteiger partial charge on any atom is -0.497 e. The van der Waals surface area contributed by atoms with E-state index in [1.54, 1.807) is 61.7 Å². The number of amides is 1. The van der Waals surface area contributed by atoms with Gasteiger partial charge in [-0.2, -0.15) is 13.2 Å². The van der Waals surface area contributed by atoms with E-state index in [0.717, 1.165) is 5.56 Å². The number of halogens is 3. The maximum absolute atomic E-state index is 13.7. The highest BCUT2D eigenvalue weighted by atomic mass is 19.4. The minimum atomic E-state index is -4.64. The molecule has 3 rings (SSSR count). The molecule has 0 aromatic heterocycles. The van der Waals surface area contributed by atoms with E-state index in [2.05, 4.69) is 5.32 Å². The molecule has 6 nitrogen and oxygen atoms in total. The molecule has 1 aliphatic rings. The lowest BCUT2D eigenvalue weighted by Gasteiger charge is -2.30. The summed E-state index contributed by atoms with van der Waals surface area (Å²) in [6.07, 6.45) is -6.11. The Morgan fingerprint density at radius 2 is 1.81 bits per heavy atom. The topological polar surface area (TPSA) is 71.0 Å². The van der Waals surface area contributed by atoms with Gasteiger partial charge < -0.3 is 19.9 Å². The van der Waals surface area contributed by atoms with E-state index in [4.69, 9.17) is 9.47 Å². The summed E-state index contributed by atoms with van der Waals surface area (Å²) in [7, 11) is 1.54. The molecule has 0 bridgehead atoms. The summed E-state index contributed by atoms with van der Waals surface area (Å²) in [5.41, 5.74) is 1.50. The number of rotatable bonds is 7. The number of hydrogen-bond donors (Lipinski definition) is 2. The first kappa shape index (κ1) is 22.9. The molecule has 0 spiro atoms. The van der Waals surface area contributed by atoms with Gasteiger partial charge in [0.2, 0.25) is 0 Å². The zero-order chi connectivity index (χ0) is 22.4. The van der Waals surface area contributed by atoms with Crippen LogP contribution in [0.25, 0.3) is 0 Å². The summed E-state index contributed by atoms with van der Waals surface area (Å²) in [6.45, 7) is -0.487. The lowest BCUT2D eigenvalue weighted by atomic mass is 10.1. The zero-order valence-electron chi connectivity index (χ0n) is 17.0. The Bertz CT molecular complexity index is 846. The molecule has 168 valence electrons. The summed E-state index contributed by atoms with van der Waals surface area (Å²) in [5.74, 6) is 0.669. The van der Waals surface area contributed by atoms with Gasteiger partial charge in [0.25, 0.3) is 0 Å². The van der Waals surface area contributed by atoms with Gasteiger partial charge in [-0.25, -0.2) is 4.79 Å². The molecule has 0 aliphatic carbocycles. The number of methoxy groups -OCH3 is 1. The third kappa shape index (κ3) is 5.68. The lowest BCUT2D eigenvalue weighted by Crippen LogP contribution is -2.51. The van der Waals surface area contributed by atoms with E-state index in [1.165, 1.54) is 0 Å². The monoisotopic (exact) mass is 438 g/mol. The van der Waals surface area contributed by atoms with Crippen LogP contribution in [-0.2, 0) is 17.9 Å². The predicted octanol–water partition coefficient (Wildman–Crippen LogP) is 3.49. The molecule has 31 heavy (non-hydrogen) atoms. The van der Waals surface area contributed by atoms with Gasteiger partial charge in [-0.05, 0) is 29.7 Å². The number of alkyl halides is 3. The van der Waals surface area contributed by atoms with Gasteiger partial charge in [0, 0.05) is 12.6 Å². The van der Waals surface area contributed by atoms with Gasteiger partial charge in [-0.15, -0.1) is 0 Å². The predicted molar refractivity (Wildman–Crippen MR) is 107 cm³/mol. The van der Waals surface area contributed by atoms with Gasteiger partial charge in [0.1, 0.15) is 18.4 Å². The van der Waals surface area contributed by atoms with E-state index in [0.29, 0.717) is 16.2 Å². The smallest absolute Gasteiger partial charge is 0.411 e. The van der Waals surface area contributed by atoms with E-state index in [1.807, 2.05) is 0 Å². The van der Waals surface area contributed by atoms with E-state index in [9.17, 15) is 23.1 Å². The van der Waals surface area contributed by atoms with Crippen LogP contribution >= 0.6 is 0 Å². The third-order valence-electron chi connectivity index (χ3n) is 5.34. The van der Waals surface area contributed by atoms with Gasteiger partial charge in [-0.3, -0.25) is 4.90 Å². The maximum Gasteiger partial charge on any atom is 0.411 e. The average Bonchev–Trinajstić information content (AvgIpc) is 3.16. The molecule has 2 aromatic rings. The molecule has 2 N–H and O–H groups in total. The molecule has 1 aliphatic heterocycles. The molecule has 1 fully saturated rings. The molecular formula is C22H25F3N2O4. The van der Waals surface area contributed by atoms with Crippen LogP contribution < -0.4 is 10.1 Å². The molecule has 0 saturated carbocycles. The summed E-state index contributed by atoms with van der Waals surface area (Å²) < 4.78 is 51.3. The van der Waals surface area contributed by atoms with Gasteiger partial charge in [0.05, 0.1) is 19.8 Å². The van der Waals surface area contributed by atoms with Crippen LogP contribution in [0.3, 0.4) is 0 Å². The minimum absolute atomic E-state index is 0.150. The number of carbonyl (C=O) groups excluding carboxylic acids is 1. The average molecular weight is 438 g/mol. The third-order valence-corrected chi connectivity index (χ3v) is 5.34. The van der Waals surface area contributed by atoms with E-state index < -0.39 is 37.0 Å². The lowest BCUT2D eigenvalue weighted by molar-refractivity contribution is -0.175. The fourth-order valence-electron chi connectivity index (χ4n) is 3.71. The van der Waals surface area contributed by atoms with E-state index >= 15 is 0 Å². The molecule has 9 heteroatoms. The van der Waals surface area contributed by atoms with Crippen LogP contribution in [-0.4, -0.2) is 54.1 Å². The molecule has 3 atom stereocenters. The highest BCUT2D eigenvalue weighted by Gasteiger charge is 2.55. The highest BCUT2D eigenvalue weighted by molar-refractivity contribution is 5.69. The van der Waals surface area contributed by atoms with Gasteiger partial charge >= 0.3 is 12.3 Å². The van der Waals surface area contributed by atoms with E-state index in [-0.39, 0.29) is 19.6 Å². The van der Waals surface area contributed by atoms with Crippen LogP contribution in [0.1, 0.15) is 17.5 Å². The number of nitrogens with one attached hydrogen (secondary N) is 1. The number of hydrogen-bond acceptors (Lipinski definition) is 5. The quantitative estimate of drug-likeness (QED) is 0.693. The Labute approximate surface area is 178 Å². The second-order valence-electron chi connectivity index (χ2n) is 7.33. The first-order valence-corrected chi connectivity index (χ1v) is 9.86. The SMILES string of the molecule is COc1ccc(CN[C@H]2C[C@@H](C(F)(F)F)N(C(=O)OCc3ccccc3)[C@H]2CO)cc1. The standard InChI is InChI=1S/C22H25F3N2O4/c1-30-17-9-7-15(8-10-17)12-26-18-11-20(22(23,24)25)27(19(18)13-28)21(29)31-14-16-5-3-2-4-6-16/h2-10,18-20,26,28H,11-14H2,1H3/t18-,19-,20-/m0/s1. The second-order valence-corrected chi connectivity index (χ2v) is 7.33. The Balaban J connectivity index is 1.70. The van der Waals surface area contributed by atoms with Crippen LogP contribution in [0, 0.1) is 0 Å². The summed E-state index contributed by atoms with van der Waals surface area (Å²) in [4.78, 5) is 13.2. The van der Waals surface area contributed by atoms with Crippen molar-refractivity contribution in [3.8, 4) is 5.75 Å². The van der Waals surface area contributed by atoms with Crippen molar-refractivity contribution >= 4 is 6.09 Å². The first-order valence-electron chi connectivity index (χ1n) is 9.86. The van der Waals surface area contributed by atoms with Crippen LogP contribution in [0.2, 0.25) is 0 Å². The number of ether oxygens (including phenoxy) is 2. The first-order chi connectivity index (χ1) is 14.8. The Morgan fingerprint density at radius 1 is 1.13 bits per heavy atom. The summed E-state index contributed by atoms with van der Waals surface area (Å²) in [5, 5.41) is 12.9. The van der Waals surface area contributed by atoms with Crippen LogP contribution in [0.4, 0.5) is 18.0 Å². The van der Waals surface area contributed by atoms with Crippen LogP contribution in [0.15, 0.2) is 54.6 Å². The molecule has 2 aromatic carbocycles. The van der Waals surface area contributed by atoms with Gasteiger partial charge in [0.15, 0.2) is 0 Å². The Hall–Kier alpha value is -2.78. The highest BCUT2D eigenvalue weighted by Crippen LogP contribution is 2.37. The molecule has 0 unspecified atom stereocenters. The number of carbonyl (C=O) groups is 1. The Morgan fingerprint density at radius 3 is 2.39 bits per heavy atom. The van der Waals surface area contributed by atoms with Crippen molar-refractivity contribution in [2.45, 2.75) is 43.9 Å². The number of nitrogens with zero attached hydrogens (tertiary/aromatic N) is 1. The van der Waals surface area contributed by atoms with Crippen molar-refractivity contribution in [2.75, 3.05) is 13.7 Å². The molecule has 0 radical (unpaired) electrons. The fraction of sp³-hybridized carbons (Fsp3) is 0.409. The van der Waals surface area contributed by atoms with Crippen molar-refractivity contribution in [2.24, 2.45) is 0 Å². The number of aliphatic hydroxyl groups is 1. The molecular weight excluding hydrogens is 413 g/mol. The van der Waals surface area contributed by atoms with Crippen molar-refractivity contribution in [3.05, 3.63) is 65.7 Å². The largest absolute Gasteiger partial charge is 0.497 e. The van der Waals surface area contributed by atoms with Crippen molar-refractivity contribution < 1.29 is 32.5 Å². The molecule has 1 amide bonds. The van der Waals surface area contributed by atoms with Crippen molar-refractivity contribution in [3.63, 3.8) is 0 Å². The van der Waals surface area contributed by atoms with Crippen molar-refractivity contribution in [1.82, 2.24) is 10.2 Å². The summed E-state index contributed by atoms with van der Waals surface area (Å²) in [6, 6.07) is 11.9. The number of aliphatic hydroxyl groups excluding tert-OH is 1. The van der Waals surface area contributed by atoms with Crippen LogP contribution in [0.5, 0.6) is 5.75 Å².